The van der Waals surface area contributed by atoms with Gasteiger partial charge in [-0.15, -0.1) is 0 Å². The number of rotatable bonds is 5. The molecule has 3 rings (SSSR count). The summed E-state index contributed by atoms with van der Waals surface area (Å²) in [4.78, 5) is 13.5. The molecule has 21 heavy (non-hydrogen) atoms. The van der Waals surface area contributed by atoms with Crippen LogP contribution >= 0.6 is 0 Å². The highest BCUT2D eigenvalue weighted by Gasteiger charge is 2.37. The lowest BCUT2D eigenvalue weighted by Gasteiger charge is -2.29. The van der Waals surface area contributed by atoms with Crippen LogP contribution in [0.1, 0.15) is 18.1 Å². The molecule has 1 N–H and O–H groups in total. The Balaban J connectivity index is 1.73. The summed E-state index contributed by atoms with van der Waals surface area (Å²) < 4.78 is 10.9. The molecule has 2 unspecified atom stereocenters. The molecule has 2 aliphatic heterocycles. The van der Waals surface area contributed by atoms with Crippen LogP contribution in [0.3, 0.4) is 0 Å². The van der Waals surface area contributed by atoms with E-state index in [0.29, 0.717) is 13.2 Å². The van der Waals surface area contributed by atoms with Crippen molar-refractivity contribution in [3.8, 4) is 5.75 Å². The molecule has 0 bridgehead atoms. The van der Waals surface area contributed by atoms with Gasteiger partial charge in [0.2, 0.25) is 0 Å². The molecule has 0 radical (unpaired) electrons. The Labute approximate surface area is 124 Å². The van der Waals surface area contributed by atoms with E-state index in [2.05, 4.69) is 24.0 Å². The van der Waals surface area contributed by atoms with Gasteiger partial charge in [-0.2, -0.15) is 0 Å². The summed E-state index contributed by atoms with van der Waals surface area (Å²) in [5.74, 6) is -0.213. The summed E-state index contributed by atoms with van der Waals surface area (Å²) in [5, 5.41) is 9.30. The highest BCUT2D eigenvalue weighted by atomic mass is 16.5. The first-order valence-electron chi connectivity index (χ1n) is 7.48. The second-order valence-corrected chi connectivity index (χ2v) is 5.65. The van der Waals surface area contributed by atoms with Crippen LogP contribution in [-0.4, -0.2) is 48.4 Å². The van der Waals surface area contributed by atoms with Crippen molar-refractivity contribution in [1.82, 2.24) is 4.90 Å². The average molecular weight is 291 g/mol. The Morgan fingerprint density at radius 1 is 1.43 bits per heavy atom. The molecule has 5 nitrogen and oxygen atoms in total. The number of aliphatic carboxylic acids is 1. The molecule has 2 aliphatic rings. The zero-order valence-corrected chi connectivity index (χ0v) is 12.2. The second kappa shape index (κ2) is 6.03. The van der Waals surface area contributed by atoms with Crippen LogP contribution in [0, 0.1) is 5.92 Å². The molecule has 2 heterocycles. The number of nitrogens with zero attached hydrogens (tertiary/aromatic N) is 1. The topological polar surface area (TPSA) is 59.0 Å². The number of carboxylic acids is 1. The third-order valence-corrected chi connectivity index (χ3v) is 4.38. The molecule has 0 aromatic heterocycles. The highest BCUT2D eigenvalue weighted by molar-refractivity contribution is 5.71. The Hall–Kier alpha value is -1.59. The van der Waals surface area contributed by atoms with E-state index in [0.717, 1.165) is 31.9 Å². The van der Waals surface area contributed by atoms with Crippen molar-refractivity contribution in [2.45, 2.75) is 25.9 Å². The normalized spacial score (nSPS) is 24.1. The quantitative estimate of drug-likeness (QED) is 0.892. The molecule has 1 saturated heterocycles. The van der Waals surface area contributed by atoms with E-state index in [-0.39, 0.29) is 6.04 Å². The van der Waals surface area contributed by atoms with Crippen LogP contribution in [0.15, 0.2) is 18.2 Å². The number of benzene rings is 1. The van der Waals surface area contributed by atoms with Crippen LogP contribution in [0.25, 0.3) is 0 Å². The zero-order valence-electron chi connectivity index (χ0n) is 12.2. The summed E-state index contributed by atoms with van der Waals surface area (Å²) in [6.45, 7) is 5.20. The van der Waals surface area contributed by atoms with Gasteiger partial charge in [0, 0.05) is 19.0 Å². The number of likely N-dealkylation sites (N-methyl/N-ethyl adjacent to an activating group) is 1. The van der Waals surface area contributed by atoms with Crippen LogP contribution in [0.5, 0.6) is 5.75 Å². The number of fused-ring (bicyclic) bond motifs is 1. The minimum absolute atomic E-state index is 0.0444. The fraction of sp³-hybridized carbons (Fsp3) is 0.562. The standard InChI is InChI=1S/C16H21NO4/c1-2-17(14-10-20-9-13(14)16(18)19)8-11-3-4-15-12(7-11)5-6-21-15/h3-4,7,13-14H,2,5-6,8-10H2,1H3,(H,18,19). The maximum absolute atomic E-state index is 11.3. The van der Waals surface area contributed by atoms with E-state index in [1.165, 1.54) is 11.1 Å². The number of carboxylic acid groups (broad SMARTS) is 1. The van der Waals surface area contributed by atoms with Crippen molar-refractivity contribution in [2.24, 2.45) is 5.92 Å². The van der Waals surface area contributed by atoms with Gasteiger partial charge in [0.15, 0.2) is 0 Å². The Morgan fingerprint density at radius 3 is 3.05 bits per heavy atom. The smallest absolute Gasteiger partial charge is 0.310 e. The molecule has 0 aliphatic carbocycles. The van der Waals surface area contributed by atoms with E-state index in [9.17, 15) is 9.90 Å². The number of ether oxygens (including phenoxy) is 2. The van der Waals surface area contributed by atoms with Gasteiger partial charge in [-0.3, -0.25) is 9.69 Å². The predicted octanol–water partition coefficient (Wildman–Crippen LogP) is 1.54. The molecule has 0 amide bonds. The van der Waals surface area contributed by atoms with Crippen LogP contribution in [0.4, 0.5) is 0 Å². The van der Waals surface area contributed by atoms with Crippen LogP contribution in [0.2, 0.25) is 0 Å². The Bertz CT molecular complexity index is 531. The molecular weight excluding hydrogens is 270 g/mol. The first kappa shape index (κ1) is 14.4. The van der Waals surface area contributed by atoms with Gasteiger partial charge >= 0.3 is 5.97 Å². The van der Waals surface area contributed by atoms with E-state index in [1.54, 1.807) is 0 Å². The van der Waals surface area contributed by atoms with Crippen molar-refractivity contribution in [2.75, 3.05) is 26.4 Å². The van der Waals surface area contributed by atoms with Gasteiger partial charge in [0.25, 0.3) is 0 Å². The number of hydrogen-bond acceptors (Lipinski definition) is 4. The number of carbonyl (C=O) groups is 1. The van der Waals surface area contributed by atoms with Crippen molar-refractivity contribution in [1.29, 1.82) is 0 Å². The first-order valence-corrected chi connectivity index (χ1v) is 7.48. The molecule has 114 valence electrons. The molecule has 0 spiro atoms. The third kappa shape index (κ3) is 2.89. The summed E-state index contributed by atoms with van der Waals surface area (Å²) >= 11 is 0. The maximum Gasteiger partial charge on any atom is 0.310 e. The lowest BCUT2D eigenvalue weighted by Crippen LogP contribution is -2.42. The molecule has 1 aromatic rings. The first-order chi connectivity index (χ1) is 10.2. The lowest BCUT2D eigenvalue weighted by molar-refractivity contribution is -0.143. The molecule has 5 heteroatoms. The SMILES string of the molecule is CCN(Cc1ccc2c(c1)CCO2)C1COCC1C(=O)O. The van der Waals surface area contributed by atoms with Gasteiger partial charge in [0.1, 0.15) is 5.75 Å². The molecule has 2 atom stereocenters. The largest absolute Gasteiger partial charge is 0.493 e. The van der Waals surface area contributed by atoms with E-state index >= 15 is 0 Å². The Morgan fingerprint density at radius 2 is 2.29 bits per heavy atom. The second-order valence-electron chi connectivity index (χ2n) is 5.65. The fourth-order valence-corrected chi connectivity index (χ4v) is 3.18. The average Bonchev–Trinajstić information content (AvgIpc) is 3.12. The molecule has 1 fully saturated rings. The van der Waals surface area contributed by atoms with E-state index < -0.39 is 11.9 Å². The van der Waals surface area contributed by atoms with Crippen LogP contribution < -0.4 is 4.74 Å². The minimum atomic E-state index is -0.765. The van der Waals surface area contributed by atoms with Gasteiger partial charge in [-0.05, 0) is 23.7 Å². The van der Waals surface area contributed by atoms with Gasteiger partial charge in [0.05, 0.1) is 25.7 Å². The van der Waals surface area contributed by atoms with Gasteiger partial charge in [-0.25, -0.2) is 0 Å². The summed E-state index contributed by atoms with van der Waals surface area (Å²) in [7, 11) is 0. The van der Waals surface area contributed by atoms with Crippen molar-refractivity contribution in [3.05, 3.63) is 29.3 Å². The fourth-order valence-electron chi connectivity index (χ4n) is 3.18. The summed E-state index contributed by atoms with van der Waals surface area (Å²) in [6.07, 6.45) is 0.958. The lowest BCUT2D eigenvalue weighted by atomic mass is 10.0. The Kier molecular flexibility index (Phi) is 4.12. The highest BCUT2D eigenvalue weighted by Crippen LogP contribution is 2.27. The summed E-state index contributed by atoms with van der Waals surface area (Å²) in [6, 6.07) is 6.22. The molecule has 0 saturated carbocycles. The van der Waals surface area contributed by atoms with E-state index in [1.807, 2.05) is 6.07 Å². The maximum atomic E-state index is 11.3. The van der Waals surface area contributed by atoms with Gasteiger partial charge in [-0.1, -0.05) is 19.1 Å². The number of hydrogen-bond donors (Lipinski definition) is 1. The van der Waals surface area contributed by atoms with Crippen molar-refractivity contribution >= 4 is 5.97 Å². The molecular formula is C16H21NO4. The third-order valence-electron chi connectivity index (χ3n) is 4.38. The molecule has 1 aromatic carbocycles. The van der Waals surface area contributed by atoms with Crippen molar-refractivity contribution < 1.29 is 19.4 Å². The zero-order chi connectivity index (χ0) is 14.8. The van der Waals surface area contributed by atoms with E-state index in [4.69, 9.17) is 9.47 Å². The van der Waals surface area contributed by atoms with Gasteiger partial charge < -0.3 is 14.6 Å². The van der Waals surface area contributed by atoms with Crippen molar-refractivity contribution in [3.63, 3.8) is 0 Å². The monoisotopic (exact) mass is 291 g/mol. The summed E-state index contributed by atoms with van der Waals surface area (Å²) in [5.41, 5.74) is 2.46. The minimum Gasteiger partial charge on any atom is -0.493 e. The predicted molar refractivity (Wildman–Crippen MR) is 77.5 cm³/mol. The van der Waals surface area contributed by atoms with Crippen LogP contribution in [-0.2, 0) is 22.5 Å².